The van der Waals surface area contributed by atoms with Crippen molar-refractivity contribution in [2.24, 2.45) is 0 Å². The van der Waals surface area contributed by atoms with E-state index in [0.29, 0.717) is 16.2 Å². The van der Waals surface area contributed by atoms with Crippen LogP contribution in [0.1, 0.15) is 41.6 Å². The SMILES string of the molecule is CC(=O)NC(C)c1ccc(C(=O)c2cc3cc(Cl)ccc3o2)cc1. The summed E-state index contributed by atoms with van der Waals surface area (Å²) in [6, 6.07) is 13.9. The zero-order valence-corrected chi connectivity index (χ0v) is 14.1. The summed E-state index contributed by atoms with van der Waals surface area (Å²) in [6.07, 6.45) is 0. The number of ketones is 1. The van der Waals surface area contributed by atoms with Gasteiger partial charge in [0.25, 0.3) is 0 Å². The maximum Gasteiger partial charge on any atom is 0.228 e. The first-order valence-corrected chi connectivity index (χ1v) is 7.92. The lowest BCUT2D eigenvalue weighted by molar-refractivity contribution is -0.119. The van der Waals surface area contributed by atoms with Crippen molar-refractivity contribution in [2.75, 3.05) is 0 Å². The molecule has 1 aromatic heterocycles. The van der Waals surface area contributed by atoms with Crippen LogP contribution in [0.15, 0.2) is 52.9 Å². The molecule has 0 saturated carbocycles. The van der Waals surface area contributed by atoms with Crippen molar-refractivity contribution in [1.82, 2.24) is 5.32 Å². The molecule has 0 saturated heterocycles. The molecule has 0 radical (unpaired) electrons. The van der Waals surface area contributed by atoms with Gasteiger partial charge in [-0.25, -0.2) is 0 Å². The average molecular weight is 342 g/mol. The van der Waals surface area contributed by atoms with Gasteiger partial charge in [0.1, 0.15) is 5.58 Å². The molecule has 0 fully saturated rings. The lowest BCUT2D eigenvalue weighted by Crippen LogP contribution is -2.23. The molecule has 0 spiro atoms. The third kappa shape index (κ3) is 3.34. The summed E-state index contributed by atoms with van der Waals surface area (Å²) >= 11 is 5.95. The summed E-state index contributed by atoms with van der Waals surface area (Å²) in [5.74, 6) is -0.0143. The Kier molecular flexibility index (Phi) is 4.40. The van der Waals surface area contributed by atoms with Crippen molar-refractivity contribution in [1.29, 1.82) is 0 Å². The molecule has 1 atom stereocenters. The maximum atomic E-state index is 12.6. The van der Waals surface area contributed by atoms with Gasteiger partial charge in [-0.15, -0.1) is 0 Å². The minimum absolute atomic E-state index is 0.0939. The molecule has 5 heteroatoms. The largest absolute Gasteiger partial charge is 0.453 e. The zero-order chi connectivity index (χ0) is 17.3. The molecule has 4 nitrogen and oxygen atoms in total. The van der Waals surface area contributed by atoms with Crippen molar-refractivity contribution < 1.29 is 14.0 Å². The summed E-state index contributed by atoms with van der Waals surface area (Å²) in [4.78, 5) is 23.7. The monoisotopic (exact) mass is 341 g/mol. The van der Waals surface area contributed by atoms with Crippen LogP contribution in [0.25, 0.3) is 11.0 Å². The van der Waals surface area contributed by atoms with E-state index in [0.717, 1.165) is 10.9 Å². The van der Waals surface area contributed by atoms with E-state index in [1.807, 2.05) is 19.1 Å². The molecule has 0 aliphatic rings. The molecule has 1 heterocycles. The van der Waals surface area contributed by atoms with Gasteiger partial charge in [0.15, 0.2) is 5.76 Å². The maximum absolute atomic E-state index is 12.6. The molecule has 1 amide bonds. The first-order chi connectivity index (χ1) is 11.4. The van der Waals surface area contributed by atoms with Crippen LogP contribution in [-0.4, -0.2) is 11.7 Å². The van der Waals surface area contributed by atoms with E-state index >= 15 is 0 Å². The van der Waals surface area contributed by atoms with Gasteiger partial charge in [-0.05, 0) is 36.8 Å². The molecule has 3 rings (SSSR count). The minimum Gasteiger partial charge on any atom is -0.453 e. The molecule has 3 aromatic rings. The van der Waals surface area contributed by atoms with Gasteiger partial charge in [-0.3, -0.25) is 9.59 Å². The Morgan fingerprint density at radius 3 is 2.46 bits per heavy atom. The lowest BCUT2D eigenvalue weighted by atomic mass is 10.0. The second-order valence-electron chi connectivity index (χ2n) is 5.67. The van der Waals surface area contributed by atoms with Gasteiger partial charge >= 0.3 is 0 Å². The first kappa shape index (κ1) is 16.3. The highest BCUT2D eigenvalue weighted by Crippen LogP contribution is 2.25. The molecule has 0 bridgehead atoms. The average Bonchev–Trinajstić information content (AvgIpc) is 2.96. The third-order valence-electron chi connectivity index (χ3n) is 3.79. The number of nitrogens with one attached hydrogen (secondary N) is 1. The number of carbonyl (C=O) groups is 2. The van der Waals surface area contributed by atoms with E-state index in [4.69, 9.17) is 16.0 Å². The normalized spacial score (nSPS) is 12.1. The van der Waals surface area contributed by atoms with E-state index in [-0.39, 0.29) is 23.5 Å². The van der Waals surface area contributed by atoms with Crippen molar-refractivity contribution in [2.45, 2.75) is 19.9 Å². The third-order valence-corrected chi connectivity index (χ3v) is 4.03. The predicted molar refractivity (Wildman–Crippen MR) is 93.3 cm³/mol. The summed E-state index contributed by atoms with van der Waals surface area (Å²) in [6.45, 7) is 3.36. The Morgan fingerprint density at radius 2 is 1.79 bits per heavy atom. The Labute approximate surface area is 144 Å². The fourth-order valence-corrected chi connectivity index (χ4v) is 2.76. The highest BCUT2D eigenvalue weighted by atomic mass is 35.5. The molecule has 1 N–H and O–H groups in total. The summed E-state index contributed by atoms with van der Waals surface area (Å²) < 4.78 is 5.60. The molecular weight excluding hydrogens is 326 g/mol. The Balaban J connectivity index is 1.84. The van der Waals surface area contributed by atoms with Gasteiger partial charge in [-0.1, -0.05) is 35.9 Å². The van der Waals surface area contributed by atoms with Crippen LogP contribution in [0.2, 0.25) is 5.02 Å². The number of fused-ring (bicyclic) bond motifs is 1. The molecule has 24 heavy (non-hydrogen) atoms. The predicted octanol–water partition coefficient (Wildman–Crippen LogP) is 4.51. The molecule has 122 valence electrons. The number of carbonyl (C=O) groups excluding carboxylic acids is 2. The van der Waals surface area contributed by atoms with Gasteiger partial charge in [0.05, 0.1) is 6.04 Å². The van der Waals surface area contributed by atoms with Crippen LogP contribution in [0.5, 0.6) is 0 Å². The van der Waals surface area contributed by atoms with E-state index in [1.54, 1.807) is 36.4 Å². The van der Waals surface area contributed by atoms with Crippen LogP contribution in [0.4, 0.5) is 0 Å². The second-order valence-corrected chi connectivity index (χ2v) is 6.10. The van der Waals surface area contributed by atoms with Gasteiger partial charge in [0.2, 0.25) is 11.7 Å². The summed E-state index contributed by atoms with van der Waals surface area (Å²) in [5.41, 5.74) is 2.08. The van der Waals surface area contributed by atoms with Crippen molar-refractivity contribution >= 4 is 34.3 Å². The molecule has 0 aliphatic carbocycles. The topological polar surface area (TPSA) is 59.3 Å². The molecule has 1 unspecified atom stereocenters. The Hall–Kier alpha value is -2.59. The highest BCUT2D eigenvalue weighted by Gasteiger charge is 2.15. The van der Waals surface area contributed by atoms with Gasteiger partial charge in [0, 0.05) is 22.9 Å². The van der Waals surface area contributed by atoms with E-state index in [2.05, 4.69) is 5.32 Å². The van der Waals surface area contributed by atoms with E-state index < -0.39 is 0 Å². The number of hydrogen-bond donors (Lipinski definition) is 1. The smallest absolute Gasteiger partial charge is 0.228 e. The standard InChI is InChI=1S/C19H16ClNO3/c1-11(21-12(2)22)13-3-5-14(6-4-13)19(23)18-10-15-9-16(20)7-8-17(15)24-18/h3-11H,1-2H3,(H,21,22). The van der Waals surface area contributed by atoms with E-state index in [9.17, 15) is 9.59 Å². The molecule has 2 aromatic carbocycles. The van der Waals surface area contributed by atoms with Crippen LogP contribution in [0, 0.1) is 0 Å². The number of furan rings is 1. The van der Waals surface area contributed by atoms with Crippen LogP contribution < -0.4 is 5.32 Å². The quantitative estimate of drug-likeness (QED) is 0.710. The Bertz CT molecular complexity index is 912. The van der Waals surface area contributed by atoms with Gasteiger partial charge in [-0.2, -0.15) is 0 Å². The van der Waals surface area contributed by atoms with Crippen LogP contribution in [0.3, 0.4) is 0 Å². The van der Waals surface area contributed by atoms with E-state index in [1.165, 1.54) is 6.92 Å². The first-order valence-electron chi connectivity index (χ1n) is 7.55. The summed E-state index contributed by atoms with van der Waals surface area (Å²) in [7, 11) is 0. The van der Waals surface area contributed by atoms with Crippen molar-refractivity contribution in [3.8, 4) is 0 Å². The molecule has 0 aliphatic heterocycles. The Morgan fingerprint density at radius 1 is 1.08 bits per heavy atom. The lowest BCUT2D eigenvalue weighted by Gasteiger charge is -2.12. The van der Waals surface area contributed by atoms with Gasteiger partial charge < -0.3 is 9.73 Å². The highest BCUT2D eigenvalue weighted by molar-refractivity contribution is 6.31. The fourth-order valence-electron chi connectivity index (χ4n) is 2.58. The van der Waals surface area contributed by atoms with Crippen LogP contribution >= 0.6 is 11.6 Å². The number of amides is 1. The minimum atomic E-state index is -0.193. The second kappa shape index (κ2) is 6.49. The molecular formula is C19H16ClNO3. The number of hydrogen-bond acceptors (Lipinski definition) is 3. The zero-order valence-electron chi connectivity index (χ0n) is 13.3. The summed E-state index contributed by atoms with van der Waals surface area (Å²) in [5, 5.41) is 4.20. The van der Waals surface area contributed by atoms with Crippen molar-refractivity contribution in [3.63, 3.8) is 0 Å². The number of rotatable bonds is 4. The van der Waals surface area contributed by atoms with Crippen LogP contribution in [-0.2, 0) is 4.79 Å². The number of halogens is 1. The number of benzene rings is 2. The van der Waals surface area contributed by atoms with Crippen molar-refractivity contribution in [3.05, 3.63) is 70.4 Å². The fraction of sp³-hybridized carbons (Fsp3) is 0.158.